The number of nitrogens with zero attached hydrogens (tertiary/aromatic N) is 1. The second kappa shape index (κ2) is 6.36. The Labute approximate surface area is 130 Å². The highest BCUT2D eigenvalue weighted by Gasteiger charge is 2.35. The van der Waals surface area contributed by atoms with E-state index in [0.717, 1.165) is 17.2 Å². The summed E-state index contributed by atoms with van der Waals surface area (Å²) in [5.74, 6) is 0.860. The Morgan fingerprint density at radius 2 is 2.20 bits per heavy atom. The molecule has 1 aromatic heterocycles. The molecule has 0 saturated carbocycles. The Morgan fingerprint density at radius 3 is 2.85 bits per heavy atom. The van der Waals surface area contributed by atoms with E-state index in [1.54, 1.807) is 10.4 Å². The second-order valence-electron chi connectivity index (χ2n) is 5.44. The zero-order valence-corrected chi connectivity index (χ0v) is 14.6. The third-order valence-electron chi connectivity index (χ3n) is 3.25. The van der Waals surface area contributed by atoms with Crippen LogP contribution in [0.3, 0.4) is 0 Å². The molecule has 4 nitrogen and oxygen atoms in total. The van der Waals surface area contributed by atoms with Crippen molar-refractivity contribution in [2.75, 3.05) is 25.4 Å². The third kappa shape index (κ3) is 3.57. The second-order valence-corrected chi connectivity index (χ2v) is 10.1. The minimum atomic E-state index is -3.36. The van der Waals surface area contributed by atoms with Gasteiger partial charge in [0.1, 0.15) is 0 Å². The van der Waals surface area contributed by atoms with Gasteiger partial charge in [-0.15, -0.1) is 11.3 Å². The maximum absolute atomic E-state index is 12.8. The van der Waals surface area contributed by atoms with E-state index in [9.17, 15) is 8.42 Å². The molecular weight excluding hydrogens is 312 g/mol. The predicted octanol–water partition coefficient (Wildman–Crippen LogP) is 2.37. The summed E-state index contributed by atoms with van der Waals surface area (Å²) < 4.78 is 27.3. The Kier molecular flexibility index (Phi) is 5.18. The first-order valence-corrected chi connectivity index (χ1v) is 10.1. The highest BCUT2D eigenvalue weighted by Crippen LogP contribution is 2.34. The lowest BCUT2D eigenvalue weighted by atomic mass is 10.2. The Balaban J connectivity index is 2.24. The van der Waals surface area contributed by atoms with Crippen LogP contribution < -0.4 is 5.32 Å². The summed E-state index contributed by atoms with van der Waals surface area (Å²) in [6.45, 7) is 8.87. The SMILES string of the molecule is CCNCc1sccc1S(=O)(=O)N1CCSC(C)(C)C1. The lowest BCUT2D eigenvalue weighted by Gasteiger charge is -2.36. The smallest absolute Gasteiger partial charge is 0.244 e. The average Bonchev–Trinajstić information content (AvgIpc) is 2.84. The number of thioether (sulfide) groups is 1. The number of nitrogens with one attached hydrogen (secondary N) is 1. The van der Waals surface area contributed by atoms with Crippen molar-refractivity contribution in [1.29, 1.82) is 0 Å². The van der Waals surface area contributed by atoms with Gasteiger partial charge in [-0.25, -0.2) is 8.42 Å². The molecule has 0 spiro atoms. The van der Waals surface area contributed by atoms with Crippen LogP contribution in [0, 0.1) is 0 Å². The van der Waals surface area contributed by atoms with Crippen LogP contribution in [0.15, 0.2) is 16.3 Å². The van der Waals surface area contributed by atoms with E-state index in [0.29, 0.717) is 24.5 Å². The normalized spacial score (nSPS) is 20.1. The Hall–Kier alpha value is -0.0800. The van der Waals surface area contributed by atoms with Crippen LogP contribution in [0.25, 0.3) is 0 Å². The van der Waals surface area contributed by atoms with Gasteiger partial charge in [-0.2, -0.15) is 16.1 Å². The number of hydrogen-bond acceptors (Lipinski definition) is 5. The molecule has 2 heterocycles. The minimum Gasteiger partial charge on any atom is -0.312 e. The van der Waals surface area contributed by atoms with Crippen LogP contribution in [0.5, 0.6) is 0 Å². The molecule has 1 N–H and O–H groups in total. The van der Waals surface area contributed by atoms with E-state index in [1.807, 2.05) is 24.1 Å². The van der Waals surface area contributed by atoms with Crippen LogP contribution in [-0.2, 0) is 16.6 Å². The predicted molar refractivity (Wildman–Crippen MR) is 87.0 cm³/mol. The summed E-state index contributed by atoms with van der Waals surface area (Å²) in [7, 11) is -3.36. The molecule has 114 valence electrons. The Bertz CT molecular complexity index is 552. The molecule has 0 bridgehead atoms. The lowest BCUT2D eigenvalue weighted by molar-refractivity contribution is 0.387. The summed E-state index contributed by atoms with van der Waals surface area (Å²) in [5.41, 5.74) is 0. The zero-order valence-electron chi connectivity index (χ0n) is 12.2. The molecule has 0 unspecified atom stereocenters. The molecule has 0 atom stereocenters. The Morgan fingerprint density at radius 1 is 1.45 bits per heavy atom. The largest absolute Gasteiger partial charge is 0.312 e. The molecule has 1 aliphatic rings. The standard InChI is InChI=1S/C13H22N2O2S3/c1-4-14-9-11-12(5-7-18-11)20(16,17)15-6-8-19-13(2,3)10-15/h5,7,14H,4,6,8-10H2,1-3H3. The van der Waals surface area contributed by atoms with E-state index in [4.69, 9.17) is 0 Å². The first-order chi connectivity index (χ1) is 9.37. The van der Waals surface area contributed by atoms with E-state index in [1.165, 1.54) is 11.3 Å². The summed E-state index contributed by atoms with van der Waals surface area (Å²) >= 11 is 3.35. The molecule has 1 saturated heterocycles. The summed E-state index contributed by atoms with van der Waals surface area (Å²) in [5, 5.41) is 5.07. The third-order valence-corrected chi connectivity index (χ3v) is 7.53. The molecular formula is C13H22N2O2S3. The van der Waals surface area contributed by atoms with Gasteiger partial charge in [-0.05, 0) is 31.8 Å². The molecule has 1 aliphatic heterocycles. The van der Waals surface area contributed by atoms with Crippen molar-refractivity contribution in [3.05, 3.63) is 16.3 Å². The lowest BCUT2D eigenvalue weighted by Crippen LogP contribution is -2.46. The molecule has 20 heavy (non-hydrogen) atoms. The van der Waals surface area contributed by atoms with Gasteiger partial charge in [0.05, 0.1) is 4.90 Å². The highest BCUT2D eigenvalue weighted by molar-refractivity contribution is 8.00. The van der Waals surface area contributed by atoms with Crippen LogP contribution in [0.4, 0.5) is 0 Å². The van der Waals surface area contributed by atoms with E-state index >= 15 is 0 Å². The minimum absolute atomic E-state index is 0.0107. The van der Waals surface area contributed by atoms with Crippen molar-refractivity contribution in [1.82, 2.24) is 9.62 Å². The fourth-order valence-corrected chi connectivity index (χ4v) is 6.54. The molecule has 0 aromatic carbocycles. The van der Waals surface area contributed by atoms with Gasteiger partial charge in [0, 0.05) is 35.0 Å². The maximum Gasteiger partial charge on any atom is 0.244 e. The molecule has 0 aliphatic carbocycles. The number of rotatable bonds is 5. The summed E-state index contributed by atoms with van der Waals surface area (Å²) in [6.07, 6.45) is 0. The van der Waals surface area contributed by atoms with Crippen molar-refractivity contribution < 1.29 is 8.42 Å². The van der Waals surface area contributed by atoms with E-state index in [-0.39, 0.29) is 4.75 Å². The molecule has 7 heteroatoms. The van der Waals surface area contributed by atoms with Gasteiger partial charge in [-0.3, -0.25) is 0 Å². The molecule has 0 radical (unpaired) electrons. The van der Waals surface area contributed by atoms with Gasteiger partial charge in [0.2, 0.25) is 10.0 Å². The van der Waals surface area contributed by atoms with Gasteiger partial charge in [0.25, 0.3) is 0 Å². The quantitative estimate of drug-likeness (QED) is 0.898. The van der Waals surface area contributed by atoms with Crippen LogP contribution >= 0.6 is 23.1 Å². The topological polar surface area (TPSA) is 49.4 Å². The van der Waals surface area contributed by atoms with Crippen molar-refractivity contribution in [3.63, 3.8) is 0 Å². The molecule has 0 amide bonds. The van der Waals surface area contributed by atoms with Crippen molar-refractivity contribution in [2.45, 2.75) is 37.0 Å². The van der Waals surface area contributed by atoms with E-state index in [2.05, 4.69) is 19.2 Å². The van der Waals surface area contributed by atoms with Gasteiger partial charge >= 0.3 is 0 Å². The van der Waals surface area contributed by atoms with Gasteiger partial charge in [0.15, 0.2) is 0 Å². The zero-order chi connectivity index (χ0) is 14.8. The summed E-state index contributed by atoms with van der Waals surface area (Å²) in [4.78, 5) is 1.38. The summed E-state index contributed by atoms with van der Waals surface area (Å²) in [6, 6.07) is 1.74. The molecule has 1 aromatic rings. The van der Waals surface area contributed by atoms with Crippen LogP contribution in [0.1, 0.15) is 25.6 Å². The monoisotopic (exact) mass is 334 g/mol. The van der Waals surface area contributed by atoms with Gasteiger partial charge in [-0.1, -0.05) is 6.92 Å². The average molecular weight is 335 g/mol. The van der Waals surface area contributed by atoms with E-state index < -0.39 is 10.0 Å². The fraction of sp³-hybridized carbons (Fsp3) is 0.692. The first-order valence-electron chi connectivity index (χ1n) is 6.78. The number of thiophene rings is 1. The van der Waals surface area contributed by atoms with Gasteiger partial charge < -0.3 is 5.32 Å². The van der Waals surface area contributed by atoms with Crippen LogP contribution in [-0.4, -0.2) is 42.9 Å². The maximum atomic E-state index is 12.8. The number of sulfonamides is 1. The number of hydrogen-bond donors (Lipinski definition) is 1. The van der Waals surface area contributed by atoms with Crippen LogP contribution in [0.2, 0.25) is 0 Å². The highest BCUT2D eigenvalue weighted by atomic mass is 32.2. The fourth-order valence-electron chi connectivity index (χ4n) is 2.24. The molecule has 1 fully saturated rings. The van der Waals surface area contributed by atoms with Crippen molar-refractivity contribution in [3.8, 4) is 0 Å². The molecule has 2 rings (SSSR count). The first kappa shape index (κ1) is 16.3. The van der Waals surface area contributed by atoms with Crippen molar-refractivity contribution in [2.24, 2.45) is 0 Å². The van der Waals surface area contributed by atoms with Crippen molar-refractivity contribution >= 4 is 33.1 Å².